The van der Waals surface area contributed by atoms with E-state index in [4.69, 9.17) is 13.9 Å². The summed E-state index contributed by atoms with van der Waals surface area (Å²) in [4.78, 5) is 24.4. The summed E-state index contributed by atoms with van der Waals surface area (Å²) >= 11 is 0. The van der Waals surface area contributed by atoms with Crippen LogP contribution in [0.15, 0.2) is 60.7 Å². The van der Waals surface area contributed by atoms with Crippen LogP contribution in [-0.4, -0.2) is 39.1 Å². The van der Waals surface area contributed by atoms with Gasteiger partial charge in [-0.1, -0.05) is 114 Å². The Morgan fingerprint density at radius 1 is 1.00 bits per heavy atom. The molecule has 0 aliphatic carbocycles. The number of hydrogen-bond acceptors (Lipinski definition) is 5. The van der Waals surface area contributed by atoms with Crippen molar-refractivity contribution in [2.24, 2.45) is 5.92 Å². The van der Waals surface area contributed by atoms with E-state index in [0.717, 1.165) is 42.3 Å². The molecule has 1 aliphatic heterocycles. The molecule has 35 heavy (non-hydrogen) atoms. The Balaban J connectivity index is 1.96. The highest BCUT2D eigenvalue weighted by molar-refractivity contribution is 6.99. The second-order valence-corrected chi connectivity index (χ2v) is 15.1. The highest BCUT2D eigenvalue weighted by Crippen LogP contribution is 2.40. The monoisotopic (exact) mass is 496 g/mol. The van der Waals surface area contributed by atoms with Gasteiger partial charge in [-0.2, -0.15) is 0 Å². The van der Waals surface area contributed by atoms with Gasteiger partial charge in [-0.25, -0.2) is 4.79 Å². The van der Waals surface area contributed by atoms with Gasteiger partial charge in [0.15, 0.2) is 11.7 Å². The molecule has 0 N–H and O–H groups in total. The van der Waals surface area contributed by atoms with Crippen molar-refractivity contribution >= 4 is 31.1 Å². The van der Waals surface area contributed by atoms with E-state index in [2.05, 4.69) is 52.0 Å². The minimum absolute atomic E-state index is 0.149. The fourth-order valence-electron chi connectivity index (χ4n) is 5.26. The Morgan fingerprint density at radius 2 is 1.57 bits per heavy atom. The van der Waals surface area contributed by atoms with Gasteiger partial charge in [0.1, 0.15) is 6.29 Å². The standard InChI is InChI=1S/C29H40O5Si/c1-6-7-8-11-16-23(21-30)26-29(5,34-27(31)33-26)22-32-35(28(2,3)4,24-17-12-9-13-18-24)25-19-14-10-15-20-25/h9-10,12-15,17-21,23,26H,6-8,11,16,22H2,1-5H3/t23-,26-,29?/m1/s1. The average Bonchev–Trinajstić information content (AvgIpc) is 3.14. The maximum absolute atomic E-state index is 12.3. The fraction of sp³-hybridized carbons (Fsp3) is 0.517. The van der Waals surface area contributed by atoms with Crippen LogP contribution in [-0.2, 0) is 18.7 Å². The van der Waals surface area contributed by atoms with Crippen molar-refractivity contribution in [1.29, 1.82) is 0 Å². The molecule has 6 heteroatoms. The van der Waals surface area contributed by atoms with Crippen molar-refractivity contribution in [2.45, 2.75) is 83.5 Å². The van der Waals surface area contributed by atoms with Crippen molar-refractivity contribution in [3.63, 3.8) is 0 Å². The van der Waals surface area contributed by atoms with E-state index in [1.165, 1.54) is 0 Å². The van der Waals surface area contributed by atoms with Crippen molar-refractivity contribution in [1.82, 2.24) is 0 Å². The second kappa shape index (κ2) is 11.5. The minimum Gasteiger partial charge on any atom is -0.426 e. The SMILES string of the molecule is CCCCCC[C@H](C=O)[C@H]1OC(=O)OC1(C)CO[Si](c1ccccc1)(c1ccccc1)C(C)(C)C. The van der Waals surface area contributed by atoms with Gasteiger partial charge in [0.2, 0.25) is 0 Å². The first-order valence-electron chi connectivity index (χ1n) is 12.8. The predicted molar refractivity (Wildman–Crippen MR) is 142 cm³/mol. The van der Waals surface area contributed by atoms with Crippen LogP contribution in [0.2, 0.25) is 5.04 Å². The summed E-state index contributed by atoms with van der Waals surface area (Å²) < 4.78 is 18.4. The number of ether oxygens (including phenoxy) is 2. The quantitative estimate of drug-likeness (QED) is 0.165. The second-order valence-electron chi connectivity index (χ2n) is 10.8. The number of rotatable bonds is 12. The topological polar surface area (TPSA) is 61.8 Å². The molecule has 0 spiro atoms. The molecule has 2 aromatic rings. The van der Waals surface area contributed by atoms with Crippen LogP contribution >= 0.6 is 0 Å². The number of carbonyl (C=O) groups is 2. The average molecular weight is 497 g/mol. The third kappa shape index (κ3) is 5.87. The number of unbranched alkanes of at least 4 members (excludes halogenated alkanes) is 3. The zero-order chi connectivity index (χ0) is 25.5. The molecule has 3 rings (SSSR count). The largest absolute Gasteiger partial charge is 0.509 e. The number of hydrogen-bond donors (Lipinski definition) is 0. The highest BCUT2D eigenvalue weighted by atomic mass is 28.4. The molecular weight excluding hydrogens is 456 g/mol. The normalized spacial score (nSPS) is 21.3. The lowest BCUT2D eigenvalue weighted by molar-refractivity contribution is -0.117. The summed E-state index contributed by atoms with van der Waals surface area (Å²) in [5.41, 5.74) is -1.06. The number of carbonyl (C=O) groups excluding carboxylic acids is 2. The van der Waals surface area contributed by atoms with Crippen molar-refractivity contribution in [3.05, 3.63) is 60.7 Å². The molecule has 190 valence electrons. The molecule has 0 aromatic heterocycles. The van der Waals surface area contributed by atoms with Crippen LogP contribution in [0.4, 0.5) is 4.79 Å². The highest BCUT2D eigenvalue weighted by Gasteiger charge is 2.56. The molecule has 2 aromatic carbocycles. The van der Waals surface area contributed by atoms with Crippen LogP contribution in [0, 0.1) is 5.92 Å². The lowest BCUT2D eigenvalue weighted by atomic mass is 9.86. The van der Waals surface area contributed by atoms with Crippen LogP contribution in [0.1, 0.15) is 66.7 Å². The van der Waals surface area contributed by atoms with Gasteiger partial charge in [-0.05, 0) is 28.8 Å². The van der Waals surface area contributed by atoms with Gasteiger partial charge in [-0.3, -0.25) is 0 Å². The van der Waals surface area contributed by atoms with E-state index in [0.29, 0.717) is 6.42 Å². The number of aldehydes is 1. The van der Waals surface area contributed by atoms with Gasteiger partial charge in [0, 0.05) is 0 Å². The Bertz CT molecular complexity index is 917. The maximum Gasteiger partial charge on any atom is 0.509 e. The van der Waals surface area contributed by atoms with Crippen LogP contribution in [0.5, 0.6) is 0 Å². The Hall–Kier alpha value is -2.44. The molecule has 0 bridgehead atoms. The van der Waals surface area contributed by atoms with E-state index in [1.807, 2.05) is 43.3 Å². The maximum atomic E-state index is 12.3. The van der Waals surface area contributed by atoms with E-state index < -0.39 is 32.1 Å². The van der Waals surface area contributed by atoms with Gasteiger partial charge in [-0.15, -0.1) is 0 Å². The molecule has 5 nitrogen and oxygen atoms in total. The molecule has 1 heterocycles. The van der Waals surface area contributed by atoms with Crippen LogP contribution in [0.3, 0.4) is 0 Å². The van der Waals surface area contributed by atoms with E-state index >= 15 is 0 Å². The van der Waals surface area contributed by atoms with E-state index in [-0.39, 0.29) is 11.6 Å². The predicted octanol–water partition coefficient (Wildman–Crippen LogP) is 5.64. The Kier molecular flexibility index (Phi) is 8.94. The first-order valence-corrected chi connectivity index (χ1v) is 14.7. The molecule has 3 atom stereocenters. The molecule has 1 unspecified atom stereocenters. The summed E-state index contributed by atoms with van der Waals surface area (Å²) in [6, 6.07) is 20.7. The Labute approximate surface area is 211 Å². The van der Waals surface area contributed by atoms with E-state index in [1.54, 1.807) is 0 Å². The summed E-state index contributed by atoms with van der Waals surface area (Å²) in [5, 5.41) is 2.08. The number of cyclic esters (lactones) is 2. The third-order valence-electron chi connectivity index (χ3n) is 7.09. The first kappa shape index (κ1) is 27.1. The number of benzene rings is 2. The lowest BCUT2D eigenvalue weighted by Gasteiger charge is -2.44. The zero-order valence-electron chi connectivity index (χ0n) is 21.8. The Morgan fingerprint density at radius 3 is 2.06 bits per heavy atom. The van der Waals surface area contributed by atoms with Gasteiger partial charge < -0.3 is 18.7 Å². The molecule has 0 saturated carbocycles. The van der Waals surface area contributed by atoms with Crippen molar-refractivity contribution < 1.29 is 23.5 Å². The first-order chi connectivity index (χ1) is 16.7. The molecule has 0 amide bonds. The van der Waals surface area contributed by atoms with Gasteiger partial charge in [0.05, 0.1) is 12.5 Å². The third-order valence-corrected chi connectivity index (χ3v) is 12.1. The van der Waals surface area contributed by atoms with Crippen LogP contribution in [0.25, 0.3) is 0 Å². The van der Waals surface area contributed by atoms with Crippen molar-refractivity contribution in [3.8, 4) is 0 Å². The minimum atomic E-state index is -2.83. The fourth-order valence-corrected chi connectivity index (χ4v) is 9.92. The van der Waals surface area contributed by atoms with Crippen LogP contribution < -0.4 is 10.4 Å². The summed E-state index contributed by atoms with van der Waals surface area (Å²) in [6.07, 6.45) is 4.39. The zero-order valence-corrected chi connectivity index (χ0v) is 22.8. The summed E-state index contributed by atoms with van der Waals surface area (Å²) in [6.45, 7) is 10.8. The molecule has 1 aliphatic rings. The summed E-state index contributed by atoms with van der Waals surface area (Å²) in [5.74, 6) is -0.425. The smallest absolute Gasteiger partial charge is 0.426 e. The van der Waals surface area contributed by atoms with Gasteiger partial charge >= 0.3 is 6.16 Å². The molecular formula is C29H40O5Si. The lowest BCUT2D eigenvalue weighted by Crippen LogP contribution is -2.68. The molecule has 1 fully saturated rings. The summed E-state index contributed by atoms with van der Waals surface area (Å²) in [7, 11) is -2.83. The van der Waals surface area contributed by atoms with E-state index in [9.17, 15) is 9.59 Å². The molecule has 0 radical (unpaired) electrons. The molecule has 1 saturated heterocycles. The van der Waals surface area contributed by atoms with Crippen molar-refractivity contribution in [2.75, 3.05) is 6.61 Å². The van der Waals surface area contributed by atoms with Gasteiger partial charge in [0.25, 0.3) is 8.32 Å².